The van der Waals surface area contributed by atoms with Crippen LogP contribution in [0.15, 0.2) is 24.3 Å². The standard InChI is InChI=1S/C11H14N2O2/c1-8(14)6-11(15)13-7-9-2-4-10(12)5-3-9/h2-5H,6-7,12H2,1H3,(H,13,15). The first-order chi connectivity index (χ1) is 7.08. The Kier molecular flexibility index (Phi) is 3.85. The van der Waals surface area contributed by atoms with Crippen molar-refractivity contribution in [2.75, 3.05) is 5.73 Å². The molecule has 0 atom stereocenters. The van der Waals surface area contributed by atoms with Crippen LogP contribution in [0.2, 0.25) is 0 Å². The van der Waals surface area contributed by atoms with Crippen LogP contribution in [0.3, 0.4) is 0 Å². The van der Waals surface area contributed by atoms with Crippen molar-refractivity contribution in [1.82, 2.24) is 5.32 Å². The third-order valence-electron chi connectivity index (χ3n) is 1.88. The molecule has 0 heterocycles. The lowest BCUT2D eigenvalue weighted by Crippen LogP contribution is -2.24. The van der Waals surface area contributed by atoms with Crippen LogP contribution < -0.4 is 11.1 Å². The first-order valence-electron chi connectivity index (χ1n) is 4.68. The van der Waals surface area contributed by atoms with Gasteiger partial charge in [-0.3, -0.25) is 9.59 Å². The van der Waals surface area contributed by atoms with E-state index in [9.17, 15) is 9.59 Å². The maximum Gasteiger partial charge on any atom is 0.227 e. The predicted molar refractivity (Wildman–Crippen MR) is 58.0 cm³/mol. The van der Waals surface area contributed by atoms with Gasteiger partial charge in [0.15, 0.2) is 0 Å². The minimum Gasteiger partial charge on any atom is -0.399 e. The Morgan fingerprint density at radius 1 is 1.27 bits per heavy atom. The van der Waals surface area contributed by atoms with E-state index in [-0.39, 0.29) is 18.1 Å². The summed E-state index contributed by atoms with van der Waals surface area (Å²) in [7, 11) is 0. The predicted octanol–water partition coefficient (Wildman–Crippen LogP) is 0.864. The second kappa shape index (κ2) is 5.14. The van der Waals surface area contributed by atoms with Crippen LogP contribution in [-0.4, -0.2) is 11.7 Å². The molecule has 0 spiro atoms. The Balaban J connectivity index is 2.40. The van der Waals surface area contributed by atoms with Crippen LogP contribution in [0.1, 0.15) is 18.9 Å². The molecule has 0 aliphatic heterocycles. The van der Waals surface area contributed by atoms with E-state index < -0.39 is 0 Å². The van der Waals surface area contributed by atoms with Crippen molar-refractivity contribution < 1.29 is 9.59 Å². The lowest BCUT2D eigenvalue weighted by Gasteiger charge is -2.04. The minimum atomic E-state index is -0.251. The van der Waals surface area contributed by atoms with Gasteiger partial charge in [-0.2, -0.15) is 0 Å². The van der Waals surface area contributed by atoms with Crippen LogP contribution in [0, 0.1) is 0 Å². The third kappa shape index (κ3) is 4.26. The maximum atomic E-state index is 11.1. The summed E-state index contributed by atoms with van der Waals surface area (Å²) in [5.74, 6) is -0.385. The zero-order valence-electron chi connectivity index (χ0n) is 8.62. The summed E-state index contributed by atoms with van der Waals surface area (Å²) in [6.45, 7) is 1.81. The molecule has 3 N–H and O–H groups in total. The molecule has 1 aromatic carbocycles. The van der Waals surface area contributed by atoms with Crippen LogP contribution in [0.4, 0.5) is 5.69 Å². The van der Waals surface area contributed by atoms with Gasteiger partial charge in [-0.1, -0.05) is 12.1 Å². The molecule has 80 valence electrons. The van der Waals surface area contributed by atoms with Gasteiger partial charge < -0.3 is 11.1 Å². The second-order valence-electron chi connectivity index (χ2n) is 3.40. The van der Waals surface area contributed by atoms with Gasteiger partial charge in [0, 0.05) is 12.2 Å². The molecular weight excluding hydrogens is 192 g/mol. The van der Waals surface area contributed by atoms with Crippen LogP contribution in [-0.2, 0) is 16.1 Å². The summed E-state index contributed by atoms with van der Waals surface area (Å²) in [6.07, 6.45) is -0.0605. The van der Waals surface area contributed by atoms with Crippen molar-refractivity contribution in [3.63, 3.8) is 0 Å². The second-order valence-corrected chi connectivity index (χ2v) is 3.40. The lowest BCUT2D eigenvalue weighted by molar-refractivity contribution is -0.127. The van der Waals surface area contributed by atoms with Crippen molar-refractivity contribution in [1.29, 1.82) is 0 Å². The molecule has 1 rings (SSSR count). The fourth-order valence-electron chi connectivity index (χ4n) is 1.12. The molecule has 1 amide bonds. The summed E-state index contributed by atoms with van der Waals surface area (Å²) >= 11 is 0. The molecule has 0 unspecified atom stereocenters. The summed E-state index contributed by atoms with van der Waals surface area (Å²) in [6, 6.07) is 7.21. The number of anilines is 1. The number of carbonyl (C=O) groups excluding carboxylic acids is 2. The van der Waals surface area contributed by atoms with E-state index in [0.717, 1.165) is 5.56 Å². The fourth-order valence-corrected chi connectivity index (χ4v) is 1.12. The fraction of sp³-hybridized carbons (Fsp3) is 0.273. The van der Waals surface area contributed by atoms with Crippen molar-refractivity contribution in [2.45, 2.75) is 19.9 Å². The number of amides is 1. The first kappa shape index (κ1) is 11.2. The average Bonchev–Trinajstić information content (AvgIpc) is 2.16. The summed E-state index contributed by atoms with van der Waals surface area (Å²) in [5, 5.41) is 2.65. The van der Waals surface area contributed by atoms with E-state index in [1.165, 1.54) is 6.92 Å². The average molecular weight is 206 g/mol. The highest BCUT2D eigenvalue weighted by molar-refractivity contribution is 5.96. The number of benzene rings is 1. The summed E-state index contributed by atoms with van der Waals surface area (Å²) in [5.41, 5.74) is 7.16. The van der Waals surface area contributed by atoms with Crippen LogP contribution in [0.25, 0.3) is 0 Å². The molecule has 0 aromatic heterocycles. The number of hydrogen-bond donors (Lipinski definition) is 2. The molecular formula is C11H14N2O2. The Morgan fingerprint density at radius 2 is 1.87 bits per heavy atom. The van der Waals surface area contributed by atoms with E-state index in [0.29, 0.717) is 12.2 Å². The van der Waals surface area contributed by atoms with Gasteiger partial charge >= 0.3 is 0 Å². The Hall–Kier alpha value is -1.84. The van der Waals surface area contributed by atoms with Gasteiger partial charge in [-0.15, -0.1) is 0 Å². The Bertz CT molecular complexity index is 357. The van der Waals surface area contributed by atoms with Gasteiger partial charge in [0.2, 0.25) is 5.91 Å². The summed E-state index contributed by atoms with van der Waals surface area (Å²) < 4.78 is 0. The topological polar surface area (TPSA) is 72.2 Å². The minimum absolute atomic E-state index is 0.0605. The van der Waals surface area contributed by atoms with Gasteiger partial charge in [-0.05, 0) is 24.6 Å². The first-order valence-corrected chi connectivity index (χ1v) is 4.68. The molecule has 15 heavy (non-hydrogen) atoms. The molecule has 4 heteroatoms. The van der Waals surface area contributed by atoms with Crippen molar-refractivity contribution in [2.24, 2.45) is 0 Å². The third-order valence-corrected chi connectivity index (χ3v) is 1.88. The zero-order valence-corrected chi connectivity index (χ0v) is 8.62. The van der Waals surface area contributed by atoms with Gasteiger partial charge in [0.25, 0.3) is 0 Å². The number of Topliss-reactive ketones (excluding diaryl/α,β-unsaturated/α-hetero) is 1. The normalized spacial score (nSPS) is 9.67. The monoisotopic (exact) mass is 206 g/mol. The number of nitrogens with one attached hydrogen (secondary N) is 1. The van der Waals surface area contributed by atoms with Crippen LogP contribution >= 0.6 is 0 Å². The van der Waals surface area contributed by atoms with Crippen molar-refractivity contribution >= 4 is 17.4 Å². The number of carbonyl (C=O) groups is 2. The molecule has 0 bridgehead atoms. The van der Waals surface area contributed by atoms with E-state index in [1.54, 1.807) is 12.1 Å². The molecule has 0 aliphatic rings. The van der Waals surface area contributed by atoms with Gasteiger partial charge in [0.05, 0.1) is 6.42 Å². The largest absolute Gasteiger partial charge is 0.399 e. The molecule has 0 fully saturated rings. The number of rotatable bonds is 4. The molecule has 0 saturated carbocycles. The van der Waals surface area contributed by atoms with E-state index >= 15 is 0 Å². The van der Waals surface area contributed by atoms with E-state index in [4.69, 9.17) is 5.73 Å². The van der Waals surface area contributed by atoms with E-state index in [1.807, 2.05) is 12.1 Å². The highest BCUT2D eigenvalue weighted by Crippen LogP contribution is 2.04. The molecule has 0 saturated heterocycles. The number of nitrogen functional groups attached to an aromatic ring is 1. The van der Waals surface area contributed by atoms with Crippen molar-refractivity contribution in [3.05, 3.63) is 29.8 Å². The number of ketones is 1. The maximum absolute atomic E-state index is 11.1. The highest BCUT2D eigenvalue weighted by atomic mass is 16.2. The smallest absolute Gasteiger partial charge is 0.227 e. The number of nitrogens with two attached hydrogens (primary N) is 1. The SMILES string of the molecule is CC(=O)CC(=O)NCc1ccc(N)cc1. The number of hydrogen-bond acceptors (Lipinski definition) is 3. The van der Waals surface area contributed by atoms with Gasteiger partial charge in [-0.25, -0.2) is 0 Å². The Morgan fingerprint density at radius 3 is 2.40 bits per heavy atom. The van der Waals surface area contributed by atoms with E-state index in [2.05, 4.69) is 5.32 Å². The molecule has 0 aliphatic carbocycles. The lowest BCUT2D eigenvalue weighted by atomic mass is 10.2. The zero-order chi connectivity index (χ0) is 11.3. The van der Waals surface area contributed by atoms with Gasteiger partial charge in [0.1, 0.15) is 5.78 Å². The summed E-state index contributed by atoms with van der Waals surface area (Å²) in [4.78, 5) is 21.8. The Labute approximate surface area is 88.5 Å². The molecule has 1 aromatic rings. The molecule has 4 nitrogen and oxygen atoms in total. The molecule has 0 radical (unpaired) electrons. The quantitative estimate of drug-likeness (QED) is 0.567. The highest BCUT2D eigenvalue weighted by Gasteiger charge is 2.03. The van der Waals surface area contributed by atoms with Crippen molar-refractivity contribution in [3.8, 4) is 0 Å². The van der Waals surface area contributed by atoms with Crippen LogP contribution in [0.5, 0.6) is 0 Å².